The van der Waals surface area contributed by atoms with Crippen molar-refractivity contribution in [1.82, 2.24) is 19.9 Å². The molecule has 0 bridgehead atoms. The fourth-order valence-corrected chi connectivity index (χ4v) is 3.73. The fourth-order valence-electron chi connectivity index (χ4n) is 3.73. The second-order valence-corrected chi connectivity index (χ2v) is 8.82. The van der Waals surface area contributed by atoms with Gasteiger partial charge in [-0.15, -0.1) is 0 Å². The van der Waals surface area contributed by atoms with Crippen molar-refractivity contribution in [2.24, 2.45) is 0 Å². The molecule has 1 atom stereocenters. The number of aromatic nitrogens is 4. The van der Waals surface area contributed by atoms with Gasteiger partial charge in [0, 0.05) is 25.3 Å². The molecule has 0 saturated carbocycles. The molecule has 4 rings (SSSR count). The minimum atomic E-state index is -0.565. The average Bonchev–Trinajstić information content (AvgIpc) is 3.50. The first-order chi connectivity index (χ1) is 16.3. The van der Waals surface area contributed by atoms with Crippen LogP contribution in [0.1, 0.15) is 33.6 Å². The van der Waals surface area contributed by atoms with Crippen molar-refractivity contribution in [3.8, 4) is 17.1 Å². The maximum Gasteiger partial charge on any atom is 0.329 e. The molecule has 11 heteroatoms. The van der Waals surface area contributed by atoms with Gasteiger partial charge in [0.25, 0.3) is 0 Å². The van der Waals surface area contributed by atoms with Crippen molar-refractivity contribution in [3.05, 3.63) is 30.8 Å². The molecule has 3 heterocycles. The molecule has 2 N–H and O–H groups in total. The molecule has 180 valence electrons. The molecule has 1 saturated heterocycles. The standard InChI is InChI=1S/C23H29N7O4/c1-23(2,3)34-19(31)16-7-6-10-30(16)22-28-20(24-4)27-21(29-22)26-14-8-9-15(17(11-14)32-5)18-12-25-13-33-18/h8-9,11-13,16H,6-7,10H2,1-5H3,(H2,24,26,27,28,29)/t16-/m0/s1. The van der Waals surface area contributed by atoms with E-state index in [1.54, 1.807) is 20.4 Å². The van der Waals surface area contributed by atoms with E-state index in [0.29, 0.717) is 48.0 Å². The number of carbonyl (C=O) groups excluding carboxylic acids is 1. The molecule has 0 radical (unpaired) electrons. The number of hydrogen-bond acceptors (Lipinski definition) is 11. The van der Waals surface area contributed by atoms with E-state index in [4.69, 9.17) is 13.9 Å². The van der Waals surface area contributed by atoms with Gasteiger partial charge in [0.15, 0.2) is 12.2 Å². The summed E-state index contributed by atoms with van der Waals surface area (Å²) in [6, 6.07) is 5.10. The summed E-state index contributed by atoms with van der Waals surface area (Å²) in [5, 5.41) is 6.16. The summed E-state index contributed by atoms with van der Waals surface area (Å²) in [5.74, 6) is 2.05. The van der Waals surface area contributed by atoms with E-state index in [1.165, 1.54) is 6.39 Å². The van der Waals surface area contributed by atoms with E-state index < -0.39 is 11.6 Å². The van der Waals surface area contributed by atoms with Gasteiger partial charge in [-0.25, -0.2) is 9.78 Å². The van der Waals surface area contributed by atoms with Crippen LogP contribution in [-0.2, 0) is 9.53 Å². The molecule has 3 aromatic rings. The minimum Gasteiger partial charge on any atom is -0.496 e. The van der Waals surface area contributed by atoms with Crippen LogP contribution in [-0.4, -0.2) is 58.3 Å². The van der Waals surface area contributed by atoms with Gasteiger partial charge in [-0.1, -0.05) is 0 Å². The number of carbonyl (C=O) groups is 1. The Morgan fingerprint density at radius 2 is 2.00 bits per heavy atom. The highest BCUT2D eigenvalue weighted by atomic mass is 16.6. The summed E-state index contributed by atoms with van der Waals surface area (Å²) < 4.78 is 16.5. The molecular formula is C23H29N7O4. The van der Waals surface area contributed by atoms with E-state index in [9.17, 15) is 4.79 Å². The molecule has 1 aliphatic heterocycles. The zero-order valence-corrected chi connectivity index (χ0v) is 20.0. The van der Waals surface area contributed by atoms with Gasteiger partial charge in [-0.05, 0) is 45.7 Å². The van der Waals surface area contributed by atoms with Crippen LogP contribution >= 0.6 is 0 Å². The summed E-state index contributed by atoms with van der Waals surface area (Å²) in [6.45, 7) is 6.22. The Bertz CT molecular complexity index is 1140. The maximum atomic E-state index is 12.8. The predicted octanol–water partition coefficient (Wildman–Crippen LogP) is 3.63. The minimum absolute atomic E-state index is 0.279. The number of methoxy groups -OCH3 is 1. The lowest BCUT2D eigenvalue weighted by Gasteiger charge is -2.27. The Kier molecular flexibility index (Phi) is 6.53. The van der Waals surface area contributed by atoms with E-state index in [1.807, 2.05) is 43.9 Å². The number of ether oxygens (including phenoxy) is 2. The van der Waals surface area contributed by atoms with Gasteiger partial charge in [-0.2, -0.15) is 15.0 Å². The van der Waals surface area contributed by atoms with Crippen molar-refractivity contribution in [1.29, 1.82) is 0 Å². The quantitative estimate of drug-likeness (QED) is 0.494. The molecule has 1 aromatic carbocycles. The van der Waals surface area contributed by atoms with Crippen molar-refractivity contribution in [3.63, 3.8) is 0 Å². The largest absolute Gasteiger partial charge is 0.496 e. The van der Waals surface area contributed by atoms with E-state index >= 15 is 0 Å². The Morgan fingerprint density at radius 3 is 2.68 bits per heavy atom. The van der Waals surface area contributed by atoms with Gasteiger partial charge in [0.2, 0.25) is 17.8 Å². The first-order valence-corrected chi connectivity index (χ1v) is 11.0. The summed E-state index contributed by atoms with van der Waals surface area (Å²) in [6.07, 6.45) is 4.51. The number of hydrogen-bond donors (Lipinski definition) is 2. The first-order valence-electron chi connectivity index (χ1n) is 11.0. The predicted molar refractivity (Wildman–Crippen MR) is 127 cm³/mol. The highest BCUT2D eigenvalue weighted by Gasteiger charge is 2.36. The van der Waals surface area contributed by atoms with E-state index in [0.717, 1.165) is 12.0 Å². The normalized spacial score (nSPS) is 15.8. The number of esters is 1. The molecule has 0 aliphatic carbocycles. The lowest BCUT2D eigenvalue weighted by Crippen LogP contribution is -2.41. The SMILES string of the molecule is CNc1nc(Nc2ccc(-c3cnco3)c(OC)c2)nc(N2CCC[C@H]2C(=O)OC(C)(C)C)n1. The van der Waals surface area contributed by atoms with Crippen LogP contribution in [0.5, 0.6) is 5.75 Å². The van der Waals surface area contributed by atoms with Crippen LogP contribution in [0.3, 0.4) is 0 Å². The van der Waals surface area contributed by atoms with Gasteiger partial charge >= 0.3 is 5.97 Å². The zero-order chi connectivity index (χ0) is 24.3. The van der Waals surface area contributed by atoms with Crippen molar-refractivity contribution < 1.29 is 18.7 Å². The lowest BCUT2D eigenvalue weighted by molar-refractivity contribution is -0.156. The molecule has 0 amide bonds. The van der Waals surface area contributed by atoms with Gasteiger partial charge < -0.3 is 29.4 Å². The Balaban J connectivity index is 1.60. The number of nitrogens with one attached hydrogen (secondary N) is 2. The van der Waals surface area contributed by atoms with E-state index in [2.05, 4.69) is 30.6 Å². The third-order valence-electron chi connectivity index (χ3n) is 5.19. The molecule has 0 unspecified atom stereocenters. The second-order valence-electron chi connectivity index (χ2n) is 8.82. The topological polar surface area (TPSA) is 128 Å². The van der Waals surface area contributed by atoms with Gasteiger partial charge in [-0.3, -0.25) is 0 Å². The van der Waals surface area contributed by atoms with Gasteiger partial charge in [0.05, 0.1) is 18.9 Å². The summed E-state index contributed by atoms with van der Waals surface area (Å²) in [5.41, 5.74) is 0.920. The molecular weight excluding hydrogens is 438 g/mol. The average molecular weight is 468 g/mol. The fraction of sp³-hybridized carbons (Fsp3) is 0.435. The van der Waals surface area contributed by atoms with Crippen LogP contribution in [0.15, 0.2) is 35.2 Å². The van der Waals surface area contributed by atoms with Crippen LogP contribution < -0.4 is 20.3 Å². The third-order valence-corrected chi connectivity index (χ3v) is 5.19. The molecule has 0 spiro atoms. The van der Waals surface area contributed by atoms with E-state index in [-0.39, 0.29) is 5.97 Å². The summed E-state index contributed by atoms with van der Waals surface area (Å²) in [7, 11) is 3.32. The highest BCUT2D eigenvalue weighted by molar-refractivity contribution is 5.80. The first kappa shape index (κ1) is 23.3. The van der Waals surface area contributed by atoms with Gasteiger partial charge in [0.1, 0.15) is 17.4 Å². The third kappa shape index (κ3) is 5.19. The molecule has 11 nitrogen and oxygen atoms in total. The lowest BCUT2D eigenvalue weighted by atomic mass is 10.1. The highest BCUT2D eigenvalue weighted by Crippen LogP contribution is 2.33. The number of anilines is 4. The van der Waals surface area contributed by atoms with Crippen LogP contribution in [0, 0.1) is 0 Å². The molecule has 1 aliphatic rings. The zero-order valence-electron chi connectivity index (χ0n) is 20.0. The number of nitrogens with zero attached hydrogens (tertiary/aromatic N) is 5. The Morgan fingerprint density at radius 1 is 1.21 bits per heavy atom. The Hall–Kier alpha value is -3.89. The second kappa shape index (κ2) is 9.54. The van der Waals surface area contributed by atoms with Crippen molar-refractivity contribution >= 4 is 29.5 Å². The molecule has 34 heavy (non-hydrogen) atoms. The number of benzene rings is 1. The van der Waals surface area contributed by atoms with Crippen molar-refractivity contribution in [2.75, 3.05) is 36.2 Å². The molecule has 2 aromatic heterocycles. The summed E-state index contributed by atoms with van der Waals surface area (Å²) in [4.78, 5) is 32.1. The van der Waals surface area contributed by atoms with Crippen LogP contribution in [0.2, 0.25) is 0 Å². The number of oxazole rings is 1. The molecule has 1 fully saturated rings. The van der Waals surface area contributed by atoms with Crippen molar-refractivity contribution in [2.45, 2.75) is 45.3 Å². The monoisotopic (exact) mass is 467 g/mol. The van der Waals surface area contributed by atoms with Crippen LogP contribution in [0.4, 0.5) is 23.5 Å². The maximum absolute atomic E-state index is 12.8. The number of rotatable bonds is 7. The summed E-state index contributed by atoms with van der Waals surface area (Å²) >= 11 is 0. The smallest absolute Gasteiger partial charge is 0.329 e. The van der Waals surface area contributed by atoms with Crippen LogP contribution in [0.25, 0.3) is 11.3 Å². The Labute approximate surface area is 197 Å².